The highest BCUT2D eigenvalue weighted by atomic mass is 32.2. The molecule has 1 aromatic rings. The molecule has 1 fully saturated rings. The molecule has 118 valence electrons. The number of unbranched alkanes of at least 4 members (excludes halogenated alkanes) is 1. The van der Waals surface area contributed by atoms with Gasteiger partial charge in [-0.3, -0.25) is 4.79 Å². The van der Waals surface area contributed by atoms with Gasteiger partial charge in [0.1, 0.15) is 0 Å². The molecule has 1 saturated heterocycles. The van der Waals surface area contributed by atoms with Crippen molar-refractivity contribution < 1.29 is 17.6 Å². The van der Waals surface area contributed by atoms with Gasteiger partial charge in [-0.05, 0) is 31.4 Å². The lowest BCUT2D eigenvalue weighted by atomic mass is 10.1. The quantitative estimate of drug-likeness (QED) is 0.865. The van der Waals surface area contributed by atoms with E-state index < -0.39 is 10.0 Å². The number of amides is 1. The van der Waals surface area contributed by atoms with E-state index in [0.29, 0.717) is 32.4 Å². The molecule has 6 nitrogen and oxygen atoms in total. The average Bonchev–Trinajstić information content (AvgIpc) is 3.00. The van der Waals surface area contributed by atoms with Crippen LogP contribution in [-0.4, -0.2) is 43.5 Å². The van der Waals surface area contributed by atoms with E-state index in [0.717, 1.165) is 6.42 Å². The van der Waals surface area contributed by atoms with Crippen LogP contribution in [0.25, 0.3) is 0 Å². The minimum atomic E-state index is -3.14. The summed E-state index contributed by atoms with van der Waals surface area (Å²) in [4.78, 5) is 11.9. The molecule has 21 heavy (non-hydrogen) atoms. The van der Waals surface area contributed by atoms with Crippen LogP contribution in [-0.2, 0) is 10.0 Å². The molecule has 0 radical (unpaired) electrons. The molecule has 0 aromatic carbocycles. The van der Waals surface area contributed by atoms with Gasteiger partial charge < -0.3 is 9.73 Å². The topological polar surface area (TPSA) is 79.6 Å². The number of hydrogen-bond acceptors (Lipinski definition) is 4. The number of carbonyl (C=O) groups is 1. The smallest absolute Gasteiger partial charge is 0.287 e. The second kappa shape index (κ2) is 7.09. The number of piperidine rings is 1. The van der Waals surface area contributed by atoms with Gasteiger partial charge in [0.05, 0.1) is 12.0 Å². The Kier molecular flexibility index (Phi) is 5.41. The molecule has 2 rings (SSSR count). The number of rotatable bonds is 6. The number of furan rings is 1. The van der Waals surface area contributed by atoms with Crippen LogP contribution in [0, 0.1) is 0 Å². The van der Waals surface area contributed by atoms with Gasteiger partial charge in [-0.1, -0.05) is 13.3 Å². The lowest BCUT2D eigenvalue weighted by molar-refractivity contribution is 0.0895. The normalized spacial score (nSPS) is 17.8. The van der Waals surface area contributed by atoms with Crippen molar-refractivity contribution in [1.29, 1.82) is 0 Å². The van der Waals surface area contributed by atoms with E-state index in [9.17, 15) is 13.2 Å². The summed E-state index contributed by atoms with van der Waals surface area (Å²) < 4.78 is 30.7. The summed E-state index contributed by atoms with van der Waals surface area (Å²) >= 11 is 0. The van der Waals surface area contributed by atoms with Crippen molar-refractivity contribution >= 4 is 15.9 Å². The van der Waals surface area contributed by atoms with Crippen molar-refractivity contribution in [3.05, 3.63) is 24.2 Å². The Bertz CT molecular complexity index is 546. The zero-order valence-electron chi connectivity index (χ0n) is 12.2. The van der Waals surface area contributed by atoms with Crippen LogP contribution in [0.4, 0.5) is 0 Å². The summed E-state index contributed by atoms with van der Waals surface area (Å²) in [6.45, 7) is 2.91. The Morgan fingerprint density at radius 1 is 1.43 bits per heavy atom. The first-order valence-corrected chi connectivity index (χ1v) is 8.96. The first kappa shape index (κ1) is 16.0. The summed E-state index contributed by atoms with van der Waals surface area (Å²) in [6, 6.07) is 3.28. The van der Waals surface area contributed by atoms with Crippen molar-refractivity contribution in [1.82, 2.24) is 9.62 Å². The molecule has 0 spiro atoms. The molecule has 7 heteroatoms. The largest absolute Gasteiger partial charge is 0.459 e. The molecule has 2 heterocycles. The lowest BCUT2D eigenvalue weighted by Crippen LogP contribution is -2.47. The van der Waals surface area contributed by atoms with Crippen molar-refractivity contribution in [2.45, 2.75) is 38.6 Å². The minimum absolute atomic E-state index is 0.000208. The first-order chi connectivity index (χ1) is 10.0. The van der Waals surface area contributed by atoms with E-state index in [-0.39, 0.29) is 23.5 Å². The number of sulfonamides is 1. The number of carbonyl (C=O) groups excluding carboxylic acids is 1. The maximum atomic E-state index is 12.1. The number of hydrogen-bond donors (Lipinski definition) is 1. The molecule has 1 aromatic heterocycles. The highest BCUT2D eigenvalue weighted by Crippen LogP contribution is 2.16. The van der Waals surface area contributed by atoms with Gasteiger partial charge in [-0.2, -0.15) is 0 Å². The van der Waals surface area contributed by atoms with Crippen LogP contribution in [0.2, 0.25) is 0 Å². The third-order valence-corrected chi connectivity index (χ3v) is 5.64. The fourth-order valence-corrected chi connectivity index (χ4v) is 4.08. The number of nitrogens with one attached hydrogen (secondary N) is 1. The molecule has 0 aliphatic carbocycles. The van der Waals surface area contributed by atoms with E-state index in [1.165, 1.54) is 10.6 Å². The summed E-state index contributed by atoms with van der Waals surface area (Å²) in [5.41, 5.74) is 0. The molecule has 0 atom stereocenters. The number of nitrogens with zero attached hydrogens (tertiary/aromatic N) is 1. The fraction of sp³-hybridized carbons (Fsp3) is 0.643. The summed E-state index contributed by atoms with van der Waals surface area (Å²) in [7, 11) is -3.14. The highest BCUT2D eigenvalue weighted by molar-refractivity contribution is 7.89. The predicted octanol–water partition coefficient (Wildman–Crippen LogP) is 1.60. The molecular weight excluding hydrogens is 292 g/mol. The van der Waals surface area contributed by atoms with Gasteiger partial charge in [0.25, 0.3) is 5.91 Å². The third kappa shape index (κ3) is 4.31. The van der Waals surface area contributed by atoms with Crippen LogP contribution in [0.3, 0.4) is 0 Å². The molecule has 1 aliphatic heterocycles. The molecule has 0 unspecified atom stereocenters. The maximum Gasteiger partial charge on any atom is 0.287 e. The maximum absolute atomic E-state index is 12.1. The van der Waals surface area contributed by atoms with Gasteiger partial charge in [0.15, 0.2) is 5.76 Å². The first-order valence-electron chi connectivity index (χ1n) is 7.35. The Morgan fingerprint density at radius 2 is 2.14 bits per heavy atom. The van der Waals surface area contributed by atoms with Gasteiger partial charge in [-0.25, -0.2) is 12.7 Å². The van der Waals surface area contributed by atoms with E-state index >= 15 is 0 Å². The fourth-order valence-electron chi connectivity index (χ4n) is 2.40. The van der Waals surface area contributed by atoms with Gasteiger partial charge in [-0.15, -0.1) is 0 Å². The van der Waals surface area contributed by atoms with Crippen LogP contribution >= 0.6 is 0 Å². The van der Waals surface area contributed by atoms with Crippen molar-refractivity contribution in [3.8, 4) is 0 Å². The standard InChI is InChI=1S/C14H22N2O4S/c1-2-3-11-21(18,19)16-8-6-12(7-9-16)15-14(17)13-5-4-10-20-13/h4-5,10,12H,2-3,6-9,11H2,1H3,(H,15,17). The van der Waals surface area contributed by atoms with E-state index in [1.54, 1.807) is 12.1 Å². The Hall–Kier alpha value is -1.34. The van der Waals surface area contributed by atoms with Crippen molar-refractivity contribution in [3.63, 3.8) is 0 Å². The van der Waals surface area contributed by atoms with E-state index in [4.69, 9.17) is 4.42 Å². The summed E-state index contributed by atoms with van der Waals surface area (Å²) in [6.07, 6.45) is 4.29. The Labute approximate surface area is 125 Å². The molecule has 0 saturated carbocycles. The third-order valence-electron chi connectivity index (χ3n) is 3.68. The molecule has 0 bridgehead atoms. The second-order valence-electron chi connectivity index (χ2n) is 5.29. The molecule has 1 aliphatic rings. The van der Waals surface area contributed by atoms with Crippen LogP contribution in [0.15, 0.2) is 22.8 Å². The minimum Gasteiger partial charge on any atom is -0.459 e. The van der Waals surface area contributed by atoms with Gasteiger partial charge in [0, 0.05) is 19.1 Å². The molecule has 1 N–H and O–H groups in total. The zero-order chi connectivity index (χ0) is 15.3. The van der Waals surface area contributed by atoms with Crippen molar-refractivity contribution in [2.75, 3.05) is 18.8 Å². The Balaban J connectivity index is 1.82. The van der Waals surface area contributed by atoms with Gasteiger partial charge in [0.2, 0.25) is 10.0 Å². The van der Waals surface area contributed by atoms with Gasteiger partial charge >= 0.3 is 0 Å². The summed E-state index contributed by atoms with van der Waals surface area (Å²) in [5.74, 6) is 0.257. The lowest BCUT2D eigenvalue weighted by Gasteiger charge is -2.31. The summed E-state index contributed by atoms with van der Waals surface area (Å²) in [5, 5.41) is 2.88. The SMILES string of the molecule is CCCCS(=O)(=O)N1CCC(NC(=O)c2ccco2)CC1. The van der Waals surface area contributed by atoms with E-state index in [2.05, 4.69) is 5.32 Å². The predicted molar refractivity (Wildman–Crippen MR) is 79.5 cm³/mol. The van der Waals surface area contributed by atoms with Crippen molar-refractivity contribution in [2.24, 2.45) is 0 Å². The van der Waals surface area contributed by atoms with Crippen LogP contribution in [0.5, 0.6) is 0 Å². The molecular formula is C14H22N2O4S. The average molecular weight is 314 g/mol. The highest BCUT2D eigenvalue weighted by Gasteiger charge is 2.28. The Morgan fingerprint density at radius 3 is 2.71 bits per heavy atom. The zero-order valence-corrected chi connectivity index (χ0v) is 13.1. The van der Waals surface area contributed by atoms with E-state index in [1.807, 2.05) is 6.92 Å². The van der Waals surface area contributed by atoms with Crippen LogP contribution < -0.4 is 5.32 Å². The molecule has 1 amide bonds. The second-order valence-corrected chi connectivity index (χ2v) is 7.38. The monoisotopic (exact) mass is 314 g/mol. The van der Waals surface area contributed by atoms with Crippen LogP contribution in [0.1, 0.15) is 43.2 Å².